The van der Waals surface area contributed by atoms with Gasteiger partial charge in [0.2, 0.25) is 5.95 Å². The van der Waals surface area contributed by atoms with Gasteiger partial charge in [-0.1, -0.05) is 0 Å². The van der Waals surface area contributed by atoms with Crippen LogP contribution in [0.1, 0.15) is 19.4 Å². The van der Waals surface area contributed by atoms with Crippen LogP contribution < -0.4 is 15.5 Å². The van der Waals surface area contributed by atoms with Crippen LogP contribution in [0.5, 0.6) is 0 Å². The van der Waals surface area contributed by atoms with Crippen LogP contribution in [0.15, 0.2) is 36.7 Å². The zero-order valence-corrected chi connectivity index (χ0v) is 13.4. The second-order valence-corrected chi connectivity index (χ2v) is 6.13. The zero-order chi connectivity index (χ0) is 15.5. The minimum Gasteiger partial charge on any atom is -0.368 e. The SMILES string of the molecule is Cc1cnc(Nc2ccc(N3C[C@@H](C)N[C@@H](C)C3)cc2)nc1. The fourth-order valence-electron chi connectivity index (χ4n) is 2.88. The summed E-state index contributed by atoms with van der Waals surface area (Å²) in [5, 5.41) is 6.78. The van der Waals surface area contributed by atoms with Crippen LogP contribution in [0.2, 0.25) is 0 Å². The number of nitrogens with zero attached hydrogens (tertiary/aromatic N) is 3. The molecular formula is C17H23N5. The molecule has 2 heterocycles. The van der Waals surface area contributed by atoms with E-state index in [0.29, 0.717) is 18.0 Å². The van der Waals surface area contributed by atoms with E-state index in [1.165, 1.54) is 5.69 Å². The average Bonchev–Trinajstić information content (AvgIpc) is 2.49. The van der Waals surface area contributed by atoms with Crippen molar-refractivity contribution in [1.82, 2.24) is 15.3 Å². The fourth-order valence-corrected chi connectivity index (χ4v) is 2.88. The molecule has 0 radical (unpaired) electrons. The highest BCUT2D eigenvalue weighted by Gasteiger charge is 2.20. The van der Waals surface area contributed by atoms with Gasteiger partial charge in [-0.25, -0.2) is 9.97 Å². The smallest absolute Gasteiger partial charge is 0.227 e. The highest BCUT2D eigenvalue weighted by Crippen LogP contribution is 2.21. The van der Waals surface area contributed by atoms with Gasteiger partial charge >= 0.3 is 0 Å². The normalized spacial score (nSPS) is 21.7. The van der Waals surface area contributed by atoms with Crippen molar-refractivity contribution in [1.29, 1.82) is 0 Å². The highest BCUT2D eigenvalue weighted by atomic mass is 15.2. The lowest BCUT2D eigenvalue weighted by Gasteiger charge is -2.37. The average molecular weight is 297 g/mol. The minimum atomic E-state index is 0.516. The second-order valence-electron chi connectivity index (χ2n) is 6.13. The molecule has 1 saturated heterocycles. The molecule has 2 N–H and O–H groups in total. The van der Waals surface area contributed by atoms with E-state index in [2.05, 4.69) is 63.6 Å². The Morgan fingerprint density at radius 3 is 2.23 bits per heavy atom. The maximum absolute atomic E-state index is 4.26. The molecule has 3 rings (SSSR count). The molecule has 5 heteroatoms. The first-order chi connectivity index (χ1) is 10.6. The van der Waals surface area contributed by atoms with Gasteiger partial charge in [0.05, 0.1) is 0 Å². The van der Waals surface area contributed by atoms with E-state index in [1.807, 2.05) is 19.3 Å². The summed E-state index contributed by atoms with van der Waals surface area (Å²) in [6, 6.07) is 9.50. The molecule has 1 aliphatic rings. The van der Waals surface area contributed by atoms with Gasteiger partial charge in [0.25, 0.3) is 0 Å². The number of piperazine rings is 1. The van der Waals surface area contributed by atoms with Gasteiger partial charge in [-0.3, -0.25) is 0 Å². The molecule has 5 nitrogen and oxygen atoms in total. The molecule has 0 unspecified atom stereocenters. The molecule has 2 atom stereocenters. The van der Waals surface area contributed by atoms with Gasteiger partial charge in [0, 0.05) is 48.9 Å². The Bertz CT molecular complexity index is 598. The Morgan fingerprint density at radius 2 is 1.64 bits per heavy atom. The first-order valence-electron chi connectivity index (χ1n) is 7.77. The summed E-state index contributed by atoms with van der Waals surface area (Å²) in [6.45, 7) is 8.52. The third-order valence-corrected chi connectivity index (χ3v) is 3.83. The Labute approximate surface area is 131 Å². The standard InChI is InChI=1S/C17H23N5/c1-12-8-18-17(19-9-12)21-15-4-6-16(7-5-15)22-10-13(2)20-14(3)11-22/h4-9,13-14,20H,10-11H2,1-3H3,(H,18,19,21)/t13-,14+. The number of rotatable bonds is 3. The lowest BCUT2D eigenvalue weighted by Crippen LogP contribution is -2.54. The molecule has 0 spiro atoms. The molecule has 2 aromatic rings. The predicted octanol–water partition coefficient (Wildman–Crippen LogP) is 2.72. The van der Waals surface area contributed by atoms with Crippen molar-refractivity contribution in [2.45, 2.75) is 32.9 Å². The van der Waals surface area contributed by atoms with E-state index in [1.54, 1.807) is 0 Å². The summed E-state index contributed by atoms with van der Waals surface area (Å²) < 4.78 is 0. The van der Waals surface area contributed by atoms with Crippen molar-refractivity contribution in [3.05, 3.63) is 42.2 Å². The second kappa shape index (κ2) is 6.32. The zero-order valence-electron chi connectivity index (χ0n) is 13.4. The molecule has 22 heavy (non-hydrogen) atoms. The molecule has 116 valence electrons. The number of aryl methyl sites for hydroxylation is 1. The summed E-state index contributed by atoms with van der Waals surface area (Å²) in [5.41, 5.74) is 3.32. The van der Waals surface area contributed by atoms with Crippen LogP contribution in [-0.2, 0) is 0 Å². The summed E-state index contributed by atoms with van der Waals surface area (Å²) in [5.74, 6) is 0.628. The summed E-state index contributed by atoms with van der Waals surface area (Å²) in [4.78, 5) is 11.0. The number of aromatic nitrogens is 2. The van der Waals surface area contributed by atoms with Crippen molar-refractivity contribution in [3.8, 4) is 0 Å². The third-order valence-electron chi connectivity index (χ3n) is 3.83. The van der Waals surface area contributed by atoms with Crippen LogP contribution >= 0.6 is 0 Å². The van der Waals surface area contributed by atoms with Gasteiger partial charge in [-0.15, -0.1) is 0 Å². The van der Waals surface area contributed by atoms with E-state index >= 15 is 0 Å². The monoisotopic (exact) mass is 297 g/mol. The molecule has 1 aromatic carbocycles. The number of hydrogen-bond acceptors (Lipinski definition) is 5. The first kappa shape index (κ1) is 14.8. The van der Waals surface area contributed by atoms with Crippen LogP contribution in [0, 0.1) is 6.92 Å². The van der Waals surface area contributed by atoms with Gasteiger partial charge in [-0.05, 0) is 50.6 Å². The van der Waals surface area contributed by atoms with Crippen molar-refractivity contribution < 1.29 is 0 Å². The molecule has 0 aliphatic carbocycles. The molecule has 1 fully saturated rings. The Kier molecular flexibility index (Phi) is 4.24. The van der Waals surface area contributed by atoms with Crippen molar-refractivity contribution in [3.63, 3.8) is 0 Å². The molecule has 0 bridgehead atoms. The number of nitrogens with one attached hydrogen (secondary N) is 2. The maximum atomic E-state index is 4.26. The molecule has 1 aromatic heterocycles. The van der Waals surface area contributed by atoms with Crippen LogP contribution in [0.4, 0.5) is 17.3 Å². The molecule has 0 amide bonds. The number of hydrogen-bond donors (Lipinski definition) is 2. The van der Waals surface area contributed by atoms with Crippen molar-refractivity contribution in [2.24, 2.45) is 0 Å². The number of benzene rings is 1. The molecular weight excluding hydrogens is 274 g/mol. The van der Waals surface area contributed by atoms with Gasteiger partial charge in [-0.2, -0.15) is 0 Å². The predicted molar refractivity (Wildman–Crippen MR) is 90.8 cm³/mol. The quantitative estimate of drug-likeness (QED) is 0.912. The lowest BCUT2D eigenvalue weighted by atomic mass is 10.1. The van der Waals surface area contributed by atoms with E-state index in [4.69, 9.17) is 0 Å². The van der Waals surface area contributed by atoms with Crippen LogP contribution in [0.3, 0.4) is 0 Å². The van der Waals surface area contributed by atoms with E-state index in [0.717, 1.165) is 24.3 Å². The van der Waals surface area contributed by atoms with E-state index < -0.39 is 0 Å². The first-order valence-corrected chi connectivity index (χ1v) is 7.77. The minimum absolute atomic E-state index is 0.516. The van der Waals surface area contributed by atoms with Crippen molar-refractivity contribution in [2.75, 3.05) is 23.3 Å². The third kappa shape index (κ3) is 3.54. The van der Waals surface area contributed by atoms with Gasteiger partial charge < -0.3 is 15.5 Å². The molecule has 0 saturated carbocycles. The van der Waals surface area contributed by atoms with Gasteiger partial charge in [0.1, 0.15) is 0 Å². The van der Waals surface area contributed by atoms with Crippen molar-refractivity contribution >= 4 is 17.3 Å². The van der Waals surface area contributed by atoms with E-state index in [9.17, 15) is 0 Å². The Balaban J connectivity index is 1.68. The maximum Gasteiger partial charge on any atom is 0.227 e. The lowest BCUT2D eigenvalue weighted by molar-refractivity contribution is 0.407. The highest BCUT2D eigenvalue weighted by molar-refractivity contribution is 5.59. The van der Waals surface area contributed by atoms with Crippen LogP contribution in [-0.4, -0.2) is 35.1 Å². The Morgan fingerprint density at radius 1 is 1.05 bits per heavy atom. The molecule has 1 aliphatic heterocycles. The van der Waals surface area contributed by atoms with Gasteiger partial charge in [0.15, 0.2) is 0 Å². The largest absolute Gasteiger partial charge is 0.368 e. The summed E-state index contributed by atoms with van der Waals surface area (Å²) in [6.07, 6.45) is 3.63. The summed E-state index contributed by atoms with van der Waals surface area (Å²) >= 11 is 0. The van der Waals surface area contributed by atoms with E-state index in [-0.39, 0.29) is 0 Å². The Hall–Kier alpha value is -2.14. The number of anilines is 3. The topological polar surface area (TPSA) is 53.1 Å². The summed E-state index contributed by atoms with van der Waals surface area (Å²) in [7, 11) is 0. The van der Waals surface area contributed by atoms with Crippen LogP contribution in [0.25, 0.3) is 0 Å². The fraction of sp³-hybridized carbons (Fsp3) is 0.412.